The van der Waals surface area contributed by atoms with Crippen LogP contribution in [0, 0.1) is 18.6 Å². The zero-order valence-corrected chi connectivity index (χ0v) is 10.6. The molecule has 0 atom stereocenters. The highest BCUT2D eigenvalue weighted by Gasteiger charge is 2.16. The smallest absolute Gasteiger partial charge is 0.258 e. The van der Waals surface area contributed by atoms with Crippen molar-refractivity contribution in [3.05, 3.63) is 53.2 Å². The molecule has 20 heavy (non-hydrogen) atoms. The molecule has 0 unspecified atom stereocenters. The number of hydrazine groups is 1. The van der Waals surface area contributed by atoms with Crippen molar-refractivity contribution in [2.75, 3.05) is 10.7 Å². The van der Waals surface area contributed by atoms with Gasteiger partial charge in [-0.25, -0.2) is 19.6 Å². The topological polar surface area (TPSA) is 80.0 Å². The van der Waals surface area contributed by atoms with Crippen molar-refractivity contribution in [3.63, 3.8) is 0 Å². The molecule has 104 valence electrons. The third-order valence-electron chi connectivity index (χ3n) is 2.79. The number of hydrogen-bond donors (Lipinski definition) is 3. The van der Waals surface area contributed by atoms with Crippen LogP contribution in [0.25, 0.3) is 0 Å². The molecule has 1 heterocycles. The lowest BCUT2D eigenvalue weighted by Crippen LogP contribution is -2.18. The average Bonchev–Trinajstić information content (AvgIpc) is 2.44. The lowest BCUT2D eigenvalue weighted by Gasteiger charge is -2.10. The van der Waals surface area contributed by atoms with Gasteiger partial charge in [0.2, 0.25) is 0 Å². The van der Waals surface area contributed by atoms with Gasteiger partial charge < -0.3 is 10.7 Å². The third kappa shape index (κ3) is 2.57. The quantitative estimate of drug-likeness (QED) is 0.594. The van der Waals surface area contributed by atoms with Crippen LogP contribution in [0.1, 0.15) is 15.9 Å². The molecule has 5 nitrogen and oxygen atoms in total. The van der Waals surface area contributed by atoms with Crippen LogP contribution < -0.4 is 16.6 Å². The molecule has 1 aromatic carbocycles. The standard InChI is InChI=1S/C13H12F2N4O/c1-7-9(14)3-2-4-10(7)18-13(20)8-5-6-17-12(19-16)11(8)15/h2-6H,16H2,1H3,(H,17,19)(H,18,20). The molecule has 0 radical (unpaired) electrons. The van der Waals surface area contributed by atoms with Gasteiger partial charge >= 0.3 is 0 Å². The molecular formula is C13H12F2N4O. The number of benzene rings is 1. The van der Waals surface area contributed by atoms with Crippen LogP contribution in [-0.2, 0) is 0 Å². The predicted octanol–water partition coefficient (Wildman–Crippen LogP) is 2.21. The Morgan fingerprint density at radius 3 is 2.75 bits per heavy atom. The number of amides is 1. The second-order valence-electron chi connectivity index (χ2n) is 4.03. The van der Waals surface area contributed by atoms with Crippen LogP contribution in [-0.4, -0.2) is 10.9 Å². The van der Waals surface area contributed by atoms with E-state index in [1.165, 1.54) is 37.4 Å². The molecule has 0 aliphatic rings. The van der Waals surface area contributed by atoms with Crippen LogP contribution >= 0.6 is 0 Å². The number of carbonyl (C=O) groups is 1. The predicted molar refractivity (Wildman–Crippen MR) is 71.1 cm³/mol. The molecule has 2 rings (SSSR count). The van der Waals surface area contributed by atoms with Gasteiger partial charge in [-0.3, -0.25) is 4.79 Å². The normalized spacial score (nSPS) is 10.2. The van der Waals surface area contributed by atoms with E-state index < -0.39 is 17.5 Å². The van der Waals surface area contributed by atoms with E-state index in [0.717, 1.165) is 0 Å². The zero-order chi connectivity index (χ0) is 14.7. The van der Waals surface area contributed by atoms with Crippen molar-refractivity contribution in [1.82, 2.24) is 4.98 Å². The molecule has 0 bridgehead atoms. The van der Waals surface area contributed by atoms with E-state index in [4.69, 9.17) is 5.84 Å². The molecular weight excluding hydrogens is 266 g/mol. The van der Waals surface area contributed by atoms with E-state index in [1.54, 1.807) is 0 Å². The summed E-state index contributed by atoms with van der Waals surface area (Å²) in [4.78, 5) is 15.6. The maximum atomic E-state index is 13.9. The summed E-state index contributed by atoms with van der Waals surface area (Å²) in [5.41, 5.74) is 2.35. The van der Waals surface area contributed by atoms with E-state index in [1.807, 2.05) is 5.43 Å². The maximum absolute atomic E-state index is 13.9. The van der Waals surface area contributed by atoms with E-state index in [-0.39, 0.29) is 22.6 Å². The molecule has 2 aromatic rings. The monoisotopic (exact) mass is 278 g/mol. The second-order valence-corrected chi connectivity index (χ2v) is 4.03. The largest absolute Gasteiger partial charge is 0.322 e. The van der Waals surface area contributed by atoms with Gasteiger partial charge in [0.15, 0.2) is 11.6 Å². The van der Waals surface area contributed by atoms with Gasteiger partial charge in [-0.05, 0) is 25.1 Å². The molecule has 0 saturated carbocycles. The summed E-state index contributed by atoms with van der Waals surface area (Å²) >= 11 is 0. The summed E-state index contributed by atoms with van der Waals surface area (Å²) < 4.78 is 27.2. The fourth-order valence-corrected chi connectivity index (χ4v) is 1.65. The van der Waals surface area contributed by atoms with Crippen molar-refractivity contribution in [1.29, 1.82) is 0 Å². The van der Waals surface area contributed by atoms with Gasteiger partial charge in [0, 0.05) is 17.4 Å². The summed E-state index contributed by atoms with van der Waals surface area (Å²) in [6.45, 7) is 1.51. The van der Waals surface area contributed by atoms with Crippen LogP contribution in [0.4, 0.5) is 20.3 Å². The second kappa shape index (κ2) is 5.62. The lowest BCUT2D eigenvalue weighted by molar-refractivity contribution is 0.102. The number of nitrogens with zero attached hydrogens (tertiary/aromatic N) is 1. The summed E-state index contributed by atoms with van der Waals surface area (Å²) in [5.74, 6) is 2.80. The number of hydrogen-bond acceptors (Lipinski definition) is 4. The van der Waals surface area contributed by atoms with Crippen LogP contribution in [0.3, 0.4) is 0 Å². The minimum atomic E-state index is -0.874. The first kappa shape index (κ1) is 13.9. The summed E-state index contributed by atoms with van der Waals surface area (Å²) in [6.07, 6.45) is 1.24. The van der Waals surface area contributed by atoms with Crippen molar-refractivity contribution >= 4 is 17.4 Å². The van der Waals surface area contributed by atoms with Crippen molar-refractivity contribution in [3.8, 4) is 0 Å². The van der Waals surface area contributed by atoms with Gasteiger partial charge in [-0.1, -0.05) is 6.07 Å². The Morgan fingerprint density at radius 2 is 2.05 bits per heavy atom. The maximum Gasteiger partial charge on any atom is 0.258 e. The number of nitrogen functional groups attached to an aromatic ring is 1. The Morgan fingerprint density at radius 1 is 1.30 bits per heavy atom. The van der Waals surface area contributed by atoms with Gasteiger partial charge in [-0.2, -0.15) is 0 Å². The number of halogens is 2. The molecule has 0 aliphatic carbocycles. The molecule has 0 saturated heterocycles. The first-order chi connectivity index (χ1) is 9.54. The van der Waals surface area contributed by atoms with E-state index in [9.17, 15) is 13.6 Å². The molecule has 0 fully saturated rings. The third-order valence-corrected chi connectivity index (χ3v) is 2.79. The molecule has 0 spiro atoms. The van der Waals surface area contributed by atoms with Crippen molar-refractivity contribution in [2.24, 2.45) is 5.84 Å². The number of carbonyl (C=O) groups excluding carboxylic acids is 1. The molecule has 0 aliphatic heterocycles. The summed E-state index contributed by atoms with van der Waals surface area (Å²) in [6, 6.07) is 5.46. The Kier molecular flexibility index (Phi) is 3.90. The molecule has 1 amide bonds. The average molecular weight is 278 g/mol. The highest BCUT2D eigenvalue weighted by molar-refractivity contribution is 6.05. The van der Waals surface area contributed by atoms with Gasteiger partial charge in [-0.15, -0.1) is 0 Å². The van der Waals surface area contributed by atoms with Crippen LogP contribution in [0.2, 0.25) is 0 Å². The Hall–Kier alpha value is -2.54. The number of nitrogens with two attached hydrogens (primary N) is 1. The molecule has 7 heteroatoms. The Bertz CT molecular complexity index is 661. The highest BCUT2D eigenvalue weighted by Crippen LogP contribution is 2.20. The van der Waals surface area contributed by atoms with Gasteiger partial charge in [0.25, 0.3) is 5.91 Å². The van der Waals surface area contributed by atoms with Crippen molar-refractivity contribution in [2.45, 2.75) is 6.92 Å². The van der Waals surface area contributed by atoms with Gasteiger partial charge in [0.1, 0.15) is 5.82 Å². The summed E-state index contributed by atoms with van der Waals surface area (Å²) in [7, 11) is 0. The fourth-order valence-electron chi connectivity index (χ4n) is 1.65. The van der Waals surface area contributed by atoms with E-state index in [2.05, 4.69) is 10.3 Å². The Labute approximate surface area is 113 Å². The first-order valence-corrected chi connectivity index (χ1v) is 5.72. The molecule has 1 aromatic heterocycles. The van der Waals surface area contributed by atoms with Crippen molar-refractivity contribution < 1.29 is 13.6 Å². The zero-order valence-electron chi connectivity index (χ0n) is 10.6. The van der Waals surface area contributed by atoms with Crippen LogP contribution in [0.5, 0.6) is 0 Å². The first-order valence-electron chi connectivity index (χ1n) is 5.72. The number of rotatable bonds is 3. The van der Waals surface area contributed by atoms with Gasteiger partial charge in [0.05, 0.1) is 5.56 Å². The SMILES string of the molecule is Cc1c(F)cccc1NC(=O)c1ccnc(NN)c1F. The number of pyridine rings is 1. The lowest BCUT2D eigenvalue weighted by atomic mass is 10.1. The Balaban J connectivity index is 2.31. The fraction of sp³-hybridized carbons (Fsp3) is 0.0769. The van der Waals surface area contributed by atoms with E-state index >= 15 is 0 Å². The number of nitrogens with one attached hydrogen (secondary N) is 2. The van der Waals surface area contributed by atoms with Crippen LogP contribution in [0.15, 0.2) is 30.5 Å². The number of anilines is 2. The molecule has 4 N–H and O–H groups in total. The number of aromatic nitrogens is 1. The van der Waals surface area contributed by atoms with E-state index in [0.29, 0.717) is 0 Å². The highest BCUT2D eigenvalue weighted by atomic mass is 19.1. The summed E-state index contributed by atoms with van der Waals surface area (Å²) in [5, 5.41) is 2.44. The minimum Gasteiger partial charge on any atom is -0.322 e. The minimum absolute atomic E-state index is 0.239.